The number of nitrogens with zero attached hydrogens (tertiary/aromatic N) is 2. The largest absolute Gasteiger partial charge is 0.477 e. The molecule has 0 radical (unpaired) electrons. The first-order chi connectivity index (χ1) is 8.93. The lowest BCUT2D eigenvalue weighted by molar-refractivity contribution is 0.0697. The third-order valence-corrected chi connectivity index (χ3v) is 4.18. The fraction of sp³-hybridized carbons (Fsp3) is 0.714. The van der Waals surface area contributed by atoms with Crippen LogP contribution >= 0.6 is 0 Å². The van der Waals surface area contributed by atoms with Crippen LogP contribution in [-0.4, -0.2) is 27.4 Å². The summed E-state index contributed by atoms with van der Waals surface area (Å²) in [6, 6.07) is 0. The van der Waals surface area contributed by atoms with Gasteiger partial charge in [0.1, 0.15) is 11.4 Å². The van der Waals surface area contributed by atoms with Gasteiger partial charge < -0.3 is 10.4 Å². The zero-order valence-corrected chi connectivity index (χ0v) is 12.0. The van der Waals surface area contributed by atoms with Crippen LogP contribution < -0.4 is 5.32 Å². The van der Waals surface area contributed by atoms with Crippen LogP contribution in [0.5, 0.6) is 0 Å². The van der Waals surface area contributed by atoms with Gasteiger partial charge in [0.05, 0.1) is 5.69 Å². The van der Waals surface area contributed by atoms with Crippen molar-refractivity contribution in [3.8, 4) is 0 Å². The number of aryl methyl sites for hydroxylation is 2. The average molecular weight is 265 g/mol. The van der Waals surface area contributed by atoms with E-state index in [-0.39, 0.29) is 5.41 Å². The van der Waals surface area contributed by atoms with Gasteiger partial charge in [-0.05, 0) is 25.2 Å². The third-order valence-electron chi connectivity index (χ3n) is 4.18. The molecule has 0 aromatic carbocycles. The van der Waals surface area contributed by atoms with Crippen molar-refractivity contribution in [3.63, 3.8) is 0 Å². The number of aromatic nitrogens is 2. The van der Waals surface area contributed by atoms with Gasteiger partial charge >= 0.3 is 5.97 Å². The highest BCUT2D eigenvalue weighted by Crippen LogP contribution is 2.36. The standard InChI is InChI=1S/C14H23N3O2/c1-10-11(13(18)19)12(17(3)16-10)15-9-14(2)7-5-4-6-8-14/h15H,4-9H2,1-3H3,(H,18,19). The van der Waals surface area contributed by atoms with Crippen molar-refractivity contribution in [2.75, 3.05) is 11.9 Å². The van der Waals surface area contributed by atoms with E-state index >= 15 is 0 Å². The van der Waals surface area contributed by atoms with Crippen LogP contribution in [0.15, 0.2) is 0 Å². The number of rotatable bonds is 4. The average Bonchev–Trinajstić information content (AvgIpc) is 2.62. The number of carboxylic acids is 1. The molecule has 0 saturated heterocycles. The Labute approximate surface area is 114 Å². The quantitative estimate of drug-likeness (QED) is 0.878. The highest BCUT2D eigenvalue weighted by molar-refractivity contribution is 5.94. The van der Waals surface area contributed by atoms with Crippen molar-refractivity contribution in [2.24, 2.45) is 12.5 Å². The summed E-state index contributed by atoms with van der Waals surface area (Å²) < 4.78 is 1.63. The third kappa shape index (κ3) is 2.91. The molecule has 5 heteroatoms. The first-order valence-corrected chi connectivity index (χ1v) is 6.94. The number of anilines is 1. The predicted molar refractivity (Wildman–Crippen MR) is 74.6 cm³/mol. The molecule has 0 spiro atoms. The number of hydrogen-bond acceptors (Lipinski definition) is 3. The van der Waals surface area contributed by atoms with E-state index in [0.717, 1.165) is 6.54 Å². The second kappa shape index (κ2) is 5.23. The van der Waals surface area contributed by atoms with Gasteiger partial charge in [0.2, 0.25) is 0 Å². The monoisotopic (exact) mass is 265 g/mol. The number of nitrogens with one attached hydrogen (secondary N) is 1. The van der Waals surface area contributed by atoms with Crippen molar-refractivity contribution >= 4 is 11.8 Å². The van der Waals surface area contributed by atoms with Gasteiger partial charge in [0.25, 0.3) is 0 Å². The normalized spacial score (nSPS) is 18.3. The topological polar surface area (TPSA) is 67.2 Å². The molecule has 1 aromatic heterocycles. The summed E-state index contributed by atoms with van der Waals surface area (Å²) in [5.74, 6) is -0.293. The molecule has 0 atom stereocenters. The van der Waals surface area contributed by atoms with Crippen LogP contribution in [0.4, 0.5) is 5.82 Å². The molecule has 1 heterocycles. The summed E-state index contributed by atoms with van der Waals surface area (Å²) in [5.41, 5.74) is 1.12. The molecule has 0 amide bonds. The number of aromatic carboxylic acids is 1. The molecule has 0 unspecified atom stereocenters. The maximum atomic E-state index is 11.3. The van der Waals surface area contributed by atoms with Gasteiger partial charge in [-0.25, -0.2) is 4.79 Å². The maximum absolute atomic E-state index is 11.3. The fourth-order valence-corrected chi connectivity index (χ4v) is 3.00. The van der Waals surface area contributed by atoms with E-state index in [9.17, 15) is 9.90 Å². The molecule has 1 aliphatic carbocycles. The van der Waals surface area contributed by atoms with E-state index in [1.807, 2.05) is 0 Å². The van der Waals surface area contributed by atoms with Gasteiger partial charge in [-0.2, -0.15) is 5.10 Å². The van der Waals surface area contributed by atoms with Gasteiger partial charge in [-0.1, -0.05) is 26.2 Å². The van der Waals surface area contributed by atoms with Crippen molar-refractivity contribution in [1.82, 2.24) is 9.78 Å². The zero-order valence-electron chi connectivity index (χ0n) is 12.0. The Hall–Kier alpha value is -1.52. The minimum atomic E-state index is -0.915. The highest BCUT2D eigenvalue weighted by atomic mass is 16.4. The Balaban J connectivity index is 2.13. The number of carbonyl (C=O) groups is 1. The molecule has 0 bridgehead atoms. The Morgan fingerprint density at radius 3 is 2.63 bits per heavy atom. The molecule has 0 aliphatic heterocycles. The maximum Gasteiger partial charge on any atom is 0.341 e. The van der Waals surface area contributed by atoms with Crippen molar-refractivity contribution in [3.05, 3.63) is 11.3 Å². The summed E-state index contributed by atoms with van der Waals surface area (Å²) >= 11 is 0. The minimum absolute atomic E-state index is 0.270. The molecule has 1 aliphatic rings. The molecule has 2 rings (SSSR count). The van der Waals surface area contributed by atoms with E-state index in [4.69, 9.17) is 0 Å². The highest BCUT2D eigenvalue weighted by Gasteiger charge is 2.28. The fourth-order valence-electron chi connectivity index (χ4n) is 3.00. The lowest BCUT2D eigenvalue weighted by atomic mass is 9.76. The van der Waals surface area contributed by atoms with Gasteiger partial charge in [0.15, 0.2) is 0 Å². The van der Waals surface area contributed by atoms with E-state index in [1.165, 1.54) is 32.1 Å². The van der Waals surface area contributed by atoms with Crippen LogP contribution in [0, 0.1) is 12.3 Å². The lowest BCUT2D eigenvalue weighted by Gasteiger charge is -2.34. The smallest absolute Gasteiger partial charge is 0.341 e. The summed E-state index contributed by atoms with van der Waals surface area (Å²) in [4.78, 5) is 11.3. The Kier molecular flexibility index (Phi) is 3.83. The molecule has 1 fully saturated rings. The van der Waals surface area contributed by atoms with E-state index in [0.29, 0.717) is 17.1 Å². The van der Waals surface area contributed by atoms with Crippen LogP contribution in [0.25, 0.3) is 0 Å². The molecular formula is C14H23N3O2. The molecule has 106 valence electrons. The number of hydrogen-bond donors (Lipinski definition) is 2. The van der Waals surface area contributed by atoms with Crippen molar-refractivity contribution in [2.45, 2.75) is 46.0 Å². The Morgan fingerprint density at radius 1 is 1.42 bits per heavy atom. The van der Waals surface area contributed by atoms with Crippen LogP contribution in [0.3, 0.4) is 0 Å². The van der Waals surface area contributed by atoms with Crippen molar-refractivity contribution in [1.29, 1.82) is 0 Å². The second-order valence-electron chi connectivity index (χ2n) is 5.96. The summed E-state index contributed by atoms with van der Waals surface area (Å²) in [6.07, 6.45) is 6.28. The molecule has 5 nitrogen and oxygen atoms in total. The summed E-state index contributed by atoms with van der Waals surface area (Å²) in [7, 11) is 1.78. The second-order valence-corrected chi connectivity index (χ2v) is 5.96. The van der Waals surface area contributed by atoms with Crippen LogP contribution in [0.1, 0.15) is 55.1 Å². The minimum Gasteiger partial charge on any atom is -0.477 e. The molecule has 1 aromatic rings. The van der Waals surface area contributed by atoms with Crippen LogP contribution in [-0.2, 0) is 7.05 Å². The molecular weight excluding hydrogens is 242 g/mol. The predicted octanol–water partition coefficient (Wildman–Crippen LogP) is 2.81. The summed E-state index contributed by atoms with van der Waals surface area (Å²) in [5, 5.41) is 16.8. The molecule has 1 saturated carbocycles. The first kappa shape index (κ1) is 13.9. The lowest BCUT2D eigenvalue weighted by Crippen LogP contribution is -2.29. The van der Waals surface area contributed by atoms with Crippen LogP contribution in [0.2, 0.25) is 0 Å². The number of carboxylic acid groups (broad SMARTS) is 1. The SMILES string of the molecule is Cc1nn(C)c(NCC2(C)CCCCC2)c1C(=O)O. The van der Waals surface area contributed by atoms with E-state index in [1.54, 1.807) is 18.7 Å². The molecule has 2 N–H and O–H groups in total. The summed E-state index contributed by atoms with van der Waals surface area (Å²) in [6.45, 7) is 4.83. The van der Waals surface area contributed by atoms with E-state index in [2.05, 4.69) is 17.3 Å². The van der Waals surface area contributed by atoms with Gasteiger partial charge in [-0.3, -0.25) is 4.68 Å². The van der Waals surface area contributed by atoms with Gasteiger partial charge in [0, 0.05) is 13.6 Å². The first-order valence-electron chi connectivity index (χ1n) is 6.94. The van der Waals surface area contributed by atoms with Crippen molar-refractivity contribution < 1.29 is 9.90 Å². The van der Waals surface area contributed by atoms with E-state index < -0.39 is 5.97 Å². The Morgan fingerprint density at radius 2 is 2.05 bits per heavy atom. The Bertz CT molecular complexity index is 473. The zero-order chi connectivity index (χ0) is 14.0. The van der Waals surface area contributed by atoms with Gasteiger partial charge in [-0.15, -0.1) is 0 Å². The molecule has 19 heavy (non-hydrogen) atoms.